The fraction of sp³-hybridized carbons (Fsp3) is 0.217. The van der Waals surface area contributed by atoms with Crippen molar-refractivity contribution in [2.75, 3.05) is 12.0 Å². The molecule has 1 aliphatic rings. The number of hydrogen-bond donors (Lipinski definition) is 0. The molecule has 0 bridgehead atoms. The summed E-state index contributed by atoms with van der Waals surface area (Å²) in [6.07, 6.45) is 0.746. The van der Waals surface area contributed by atoms with Crippen LogP contribution in [0.2, 0.25) is 10.0 Å². The van der Waals surface area contributed by atoms with Gasteiger partial charge in [0.2, 0.25) is 0 Å². The Kier molecular flexibility index (Phi) is 5.24. The minimum atomic E-state index is -0.0756. The van der Waals surface area contributed by atoms with Crippen molar-refractivity contribution in [3.05, 3.63) is 75.0 Å². The van der Waals surface area contributed by atoms with Gasteiger partial charge in [-0.25, -0.2) is 0 Å². The standard InChI is InChI=1S/C23H20Cl2N2O2/c1-4-17-13(2)26-20-12-27(15-6-8-16(29-3)9-7-15)23(28)22(20)21(17)18-10-5-14(24)11-19(18)25/h5-11H,4,12H2,1-3H3. The molecule has 1 amide bonds. The van der Waals surface area contributed by atoms with Crippen LogP contribution in [0.1, 0.15) is 34.2 Å². The highest BCUT2D eigenvalue weighted by atomic mass is 35.5. The van der Waals surface area contributed by atoms with E-state index in [1.165, 1.54) is 0 Å². The van der Waals surface area contributed by atoms with E-state index in [4.69, 9.17) is 32.9 Å². The van der Waals surface area contributed by atoms with E-state index >= 15 is 0 Å². The molecule has 0 fully saturated rings. The van der Waals surface area contributed by atoms with Crippen molar-refractivity contribution in [2.24, 2.45) is 0 Å². The largest absolute Gasteiger partial charge is 0.497 e. The van der Waals surface area contributed by atoms with Crippen LogP contribution in [0.3, 0.4) is 0 Å². The summed E-state index contributed by atoms with van der Waals surface area (Å²) in [4.78, 5) is 20.0. The first-order valence-electron chi connectivity index (χ1n) is 9.38. The SMILES string of the molecule is CCc1c(C)nc2c(c1-c1ccc(Cl)cc1Cl)C(=O)N(c1ccc(OC)cc1)C2. The van der Waals surface area contributed by atoms with Crippen LogP contribution in [0.15, 0.2) is 42.5 Å². The molecule has 3 aromatic rings. The Hall–Kier alpha value is -2.56. The summed E-state index contributed by atoms with van der Waals surface area (Å²) in [7, 11) is 1.62. The van der Waals surface area contributed by atoms with E-state index < -0.39 is 0 Å². The first-order chi connectivity index (χ1) is 13.9. The molecular formula is C23H20Cl2N2O2. The van der Waals surface area contributed by atoms with Crippen LogP contribution in [0.25, 0.3) is 11.1 Å². The molecule has 2 aromatic carbocycles. The zero-order valence-corrected chi connectivity index (χ0v) is 17.9. The highest BCUT2D eigenvalue weighted by Crippen LogP contribution is 2.41. The molecule has 4 rings (SSSR count). The molecule has 0 atom stereocenters. The van der Waals surface area contributed by atoms with Gasteiger partial charge in [-0.3, -0.25) is 9.78 Å². The molecule has 0 saturated heterocycles. The van der Waals surface area contributed by atoms with Gasteiger partial charge in [-0.15, -0.1) is 0 Å². The first-order valence-corrected chi connectivity index (χ1v) is 10.1. The minimum absolute atomic E-state index is 0.0756. The number of carbonyl (C=O) groups is 1. The third-order valence-corrected chi connectivity index (χ3v) is 5.83. The number of fused-ring (bicyclic) bond motifs is 1. The molecule has 2 heterocycles. The molecule has 0 radical (unpaired) electrons. The predicted molar refractivity (Wildman–Crippen MR) is 117 cm³/mol. The summed E-state index contributed by atoms with van der Waals surface area (Å²) in [5, 5.41) is 1.08. The molecule has 0 saturated carbocycles. The second-order valence-electron chi connectivity index (χ2n) is 6.94. The quantitative estimate of drug-likeness (QED) is 0.506. The van der Waals surface area contributed by atoms with Crippen molar-refractivity contribution in [3.63, 3.8) is 0 Å². The number of halogens is 2. The number of ether oxygens (including phenoxy) is 1. The van der Waals surface area contributed by atoms with Crippen LogP contribution in [0.5, 0.6) is 5.75 Å². The smallest absolute Gasteiger partial charge is 0.261 e. The van der Waals surface area contributed by atoms with Gasteiger partial charge in [-0.2, -0.15) is 0 Å². The van der Waals surface area contributed by atoms with E-state index in [1.807, 2.05) is 37.3 Å². The van der Waals surface area contributed by atoms with Gasteiger partial charge in [0.05, 0.1) is 24.9 Å². The predicted octanol–water partition coefficient (Wildman–Crippen LogP) is 6.10. The zero-order valence-electron chi connectivity index (χ0n) is 16.4. The van der Waals surface area contributed by atoms with Crippen LogP contribution < -0.4 is 9.64 Å². The van der Waals surface area contributed by atoms with Crippen LogP contribution in [-0.4, -0.2) is 18.0 Å². The Bertz CT molecular complexity index is 1110. The van der Waals surface area contributed by atoms with Gasteiger partial charge >= 0.3 is 0 Å². The number of aryl methyl sites for hydroxylation is 1. The van der Waals surface area contributed by atoms with E-state index in [9.17, 15) is 4.79 Å². The average Bonchev–Trinajstić information content (AvgIpc) is 3.03. The fourth-order valence-electron chi connectivity index (χ4n) is 3.90. The lowest BCUT2D eigenvalue weighted by Gasteiger charge is -2.17. The lowest BCUT2D eigenvalue weighted by atomic mass is 9.91. The van der Waals surface area contributed by atoms with Gasteiger partial charge in [0.1, 0.15) is 5.75 Å². The Labute approximate surface area is 180 Å². The van der Waals surface area contributed by atoms with Gasteiger partial charge in [0.15, 0.2) is 0 Å². The number of carbonyl (C=O) groups excluding carboxylic acids is 1. The molecule has 0 unspecified atom stereocenters. The van der Waals surface area contributed by atoms with Crippen LogP contribution in [0.4, 0.5) is 5.69 Å². The number of pyridine rings is 1. The number of nitrogens with zero attached hydrogens (tertiary/aromatic N) is 2. The van der Waals surface area contributed by atoms with Gasteiger partial charge in [0.25, 0.3) is 5.91 Å². The summed E-state index contributed by atoms with van der Waals surface area (Å²) in [6.45, 7) is 4.46. The van der Waals surface area contributed by atoms with Crippen molar-refractivity contribution in [2.45, 2.75) is 26.8 Å². The number of anilines is 1. The van der Waals surface area contributed by atoms with Crippen molar-refractivity contribution in [1.29, 1.82) is 0 Å². The topological polar surface area (TPSA) is 42.4 Å². The lowest BCUT2D eigenvalue weighted by molar-refractivity contribution is 0.0997. The Morgan fingerprint density at radius 2 is 1.83 bits per heavy atom. The lowest BCUT2D eigenvalue weighted by Crippen LogP contribution is -2.23. The van der Waals surface area contributed by atoms with Gasteiger partial charge in [-0.05, 0) is 55.3 Å². The number of amides is 1. The van der Waals surface area contributed by atoms with E-state index in [-0.39, 0.29) is 5.91 Å². The van der Waals surface area contributed by atoms with E-state index in [1.54, 1.807) is 24.1 Å². The summed E-state index contributed by atoms with van der Waals surface area (Å²) in [5.41, 5.74) is 5.79. The molecule has 1 aromatic heterocycles. The van der Waals surface area contributed by atoms with Gasteiger partial charge < -0.3 is 9.64 Å². The minimum Gasteiger partial charge on any atom is -0.497 e. The average molecular weight is 427 g/mol. The van der Waals surface area contributed by atoms with Gasteiger partial charge in [-0.1, -0.05) is 36.2 Å². The fourth-order valence-corrected chi connectivity index (χ4v) is 4.40. The first kappa shape index (κ1) is 19.7. The van der Waals surface area contributed by atoms with E-state index in [0.717, 1.165) is 45.9 Å². The molecule has 1 aliphatic heterocycles. The number of aromatic nitrogens is 1. The van der Waals surface area contributed by atoms with Crippen LogP contribution in [-0.2, 0) is 13.0 Å². The highest BCUT2D eigenvalue weighted by molar-refractivity contribution is 6.36. The van der Waals surface area contributed by atoms with Crippen LogP contribution in [0, 0.1) is 6.92 Å². The van der Waals surface area contributed by atoms with Crippen molar-refractivity contribution in [3.8, 4) is 16.9 Å². The molecule has 0 spiro atoms. The zero-order chi connectivity index (χ0) is 20.7. The maximum absolute atomic E-state index is 13.5. The Morgan fingerprint density at radius 1 is 1.10 bits per heavy atom. The highest BCUT2D eigenvalue weighted by Gasteiger charge is 2.35. The monoisotopic (exact) mass is 426 g/mol. The van der Waals surface area contributed by atoms with Crippen molar-refractivity contribution >= 4 is 34.8 Å². The van der Waals surface area contributed by atoms with Crippen LogP contribution >= 0.6 is 23.2 Å². The van der Waals surface area contributed by atoms with Gasteiger partial charge in [0, 0.05) is 32.6 Å². The second kappa shape index (κ2) is 7.69. The molecule has 0 aliphatic carbocycles. The number of methoxy groups -OCH3 is 1. The summed E-state index contributed by atoms with van der Waals surface area (Å²) in [6, 6.07) is 12.8. The van der Waals surface area contributed by atoms with Crippen molar-refractivity contribution in [1.82, 2.24) is 4.98 Å². The maximum atomic E-state index is 13.5. The number of benzene rings is 2. The van der Waals surface area contributed by atoms with E-state index in [0.29, 0.717) is 22.2 Å². The molecule has 6 heteroatoms. The van der Waals surface area contributed by atoms with Crippen molar-refractivity contribution < 1.29 is 9.53 Å². The number of hydrogen-bond acceptors (Lipinski definition) is 3. The van der Waals surface area contributed by atoms with E-state index in [2.05, 4.69) is 6.92 Å². The maximum Gasteiger partial charge on any atom is 0.261 e. The molecule has 0 N–H and O–H groups in total. The molecule has 29 heavy (non-hydrogen) atoms. The second-order valence-corrected chi connectivity index (χ2v) is 7.78. The summed E-state index contributed by atoms with van der Waals surface area (Å²) >= 11 is 12.6. The summed E-state index contributed by atoms with van der Waals surface area (Å²) in [5.74, 6) is 0.669. The molecular weight excluding hydrogens is 407 g/mol. The third-order valence-electron chi connectivity index (χ3n) is 5.28. The normalized spacial score (nSPS) is 13.0. The Balaban J connectivity index is 1.89. The molecule has 148 valence electrons. The number of rotatable bonds is 4. The summed E-state index contributed by atoms with van der Waals surface area (Å²) < 4.78 is 5.23. The molecule has 4 nitrogen and oxygen atoms in total. The Morgan fingerprint density at radius 3 is 2.45 bits per heavy atom. The third kappa shape index (κ3) is 3.37.